The molecule has 4 rings (SSSR count). The van der Waals surface area contributed by atoms with Crippen molar-refractivity contribution in [1.82, 2.24) is 10.3 Å². The van der Waals surface area contributed by atoms with Gasteiger partial charge in [-0.1, -0.05) is 0 Å². The van der Waals surface area contributed by atoms with E-state index in [1.807, 2.05) is 25.7 Å². The van der Waals surface area contributed by atoms with Gasteiger partial charge in [0, 0.05) is 25.2 Å². The van der Waals surface area contributed by atoms with Crippen LogP contribution in [0.3, 0.4) is 0 Å². The topological polar surface area (TPSA) is 100 Å². The minimum Gasteiger partial charge on any atom is -0.390 e. The second-order valence-corrected chi connectivity index (χ2v) is 10.8. The second kappa shape index (κ2) is 8.12. The smallest absolute Gasteiger partial charge is 0.248 e. The number of hydrogen-bond donors (Lipinski definition) is 2. The maximum Gasteiger partial charge on any atom is 0.248 e. The van der Waals surface area contributed by atoms with Crippen LogP contribution in [-0.4, -0.2) is 70.6 Å². The molecule has 4 atom stereocenters. The summed E-state index contributed by atoms with van der Waals surface area (Å²) in [4.78, 5) is 26.5. The third-order valence-electron chi connectivity index (χ3n) is 8.09. The minimum absolute atomic E-state index is 0.0182. The summed E-state index contributed by atoms with van der Waals surface area (Å²) in [6.07, 6.45) is 4.78. The number of rotatable bonds is 4. The molecule has 0 aromatic heterocycles. The van der Waals surface area contributed by atoms with Crippen LogP contribution in [0.1, 0.15) is 72.6 Å². The van der Waals surface area contributed by atoms with Crippen LogP contribution in [0.25, 0.3) is 0 Å². The van der Waals surface area contributed by atoms with Gasteiger partial charge in [-0.15, -0.1) is 0 Å². The van der Waals surface area contributed by atoms with Crippen LogP contribution < -0.4 is 5.43 Å². The Balaban J connectivity index is 1.28. The average molecular weight is 436 g/mol. The molecule has 4 heterocycles. The molecule has 8 heteroatoms. The molecule has 1 spiro atoms. The second-order valence-electron chi connectivity index (χ2n) is 10.8. The highest BCUT2D eigenvalue weighted by atomic mass is 16.6. The number of hydrogen-bond acceptors (Lipinski definition) is 6. The van der Waals surface area contributed by atoms with Crippen molar-refractivity contribution in [1.29, 1.82) is 0 Å². The zero-order valence-corrected chi connectivity index (χ0v) is 19.3. The molecular weight excluding hydrogens is 398 g/mol. The number of piperidine rings is 1. The lowest BCUT2D eigenvalue weighted by atomic mass is 9.73. The zero-order chi connectivity index (χ0) is 22.4. The van der Waals surface area contributed by atoms with Crippen LogP contribution in [0.15, 0.2) is 5.10 Å². The van der Waals surface area contributed by atoms with Crippen molar-refractivity contribution in [3.05, 3.63) is 0 Å². The molecule has 0 radical (unpaired) electrons. The molecular formula is C23H37N3O5. The van der Waals surface area contributed by atoms with Gasteiger partial charge in [-0.05, 0) is 71.6 Å². The molecule has 4 aliphatic heterocycles. The van der Waals surface area contributed by atoms with E-state index in [0.717, 1.165) is 50.9 Å². The molecule has 0 unspecified atom stereocenters. The van der Waals surface area contributed by atoms with Crippen molar-refractivity contribution in [2.24, 2.45) is 16.4 Å². The highest BCUT2D eigenvalue weighted by Gasteiger charge is 2.53. The van der Waals surface area contributed by atoms with Crippen LogP contribution in [0.4, 0.5) is 0 Å². The van der Waals surface area contributed by atoms with Crippen molar-refractivity contribution in [3.8, 4) is 0 Å². The van der Waals surface area contributed by atoms with Gasteiger partial charge in [0.2, 0.25) is 11.8 Å². The first kappa shape index (κ1) is 22.7. The monoisotopic (exact) mass is 435 g/mol. The van der Waals surface area contributed by atoms with E-state index in [2.05, 4.69) is 17.5 Å². The first-order valence-corrected chi connectivity index (χ1v) is 11.7. The Bertz CT molecular complexity index is 758. The van der Waals surface area contributed by atoms with Gasteiger partial charge in [-0.2, -0.15) is 5.10 Å². The molecule has 0 bridgehead atoms. The summed E-state index contributed by atoms with van der Waals surface area (Å²) in [5, 5.41) is 14.2. The summed E-state index contributed by atoms with van der Waals surface area (Å²) >= 11 is 0. The average Bonchev–Trinajstić information content (AvgIpc) is 3.28. The molecule has 31 heavy (non-hydrogen) atoms. The fourth-order valence-electron chi connectivity index (χ4n) is 5.73. The van der Waals surface area contributed by atoms with E-state index in [9.17, 15) is 14.7 Å². The van der Waals surface area contributed by atoms with E-state index < -0.39 is 11.7 Å². The number of nitrogens with zero attached hydrogens (tertiary/aromatic N) is 2. The van der Waals surface area contributed by atoms with Crippen molar-refractivity contribution < 1.29 is 24.2 Å². The normalized spacial score (nSPS) is 37.1. The van der Waals surface area contributed by atoms with Crippen molar-refractivity contribution in [2.45, 2.75) is 96.1 Å². The fraction of sp³-hybridized carbons (Fsp3) is 0.870. The molecule has 0 aromatic rings. The number of ether oxygens (including phenoxy) is 2. The molecule has 3 saturated heterocycles. The number of carbonyl (C=O) groups is 2. The van der Waals surface area contributed by atoms with E-state index in [0.29, 0.717) is 19.4 Å². The van der Waals surface area contributed by atoms with Crippen molar-refractivity contribution in [3.63, 3.8) is 0 Å². The van der Waals surface area contributed by atoms with Crippen molar-refractivity contribution in [2.75, 3.05) is 19.7 Å². The SMILES string of the molecule is CC1=NNC(=O)[C@H]1CCC(=O)N1CCC2(CC1)CO[C@@H]([C@@]1(C)CC[C@H](O)C(C)(C)O1)C2. The summed E-state index contributed by atoms with van der Waals surface area (Å²) in [6, 6.07) is 0. The first-order chi connectivity index (χ1) is 14.5. The van der Waals surface area contributed by atoms with Crippen molar-refractivity contribution >= 4 is 17.5 Å². The number of carbonyl (C=O) groups excluding carboxylic acids is 2. The largest absolute Gasteiger partial charge is 0.390 e. The van der Waals surface area contributed by atoms with Gasteiger partial charge in [0.15, 0.2) is 0 Å². The van der Waals surface area contributed by atoms with E-state index in [4.69, 9.17) is 9.47 Å². The standard InChI is InChI=1S/C23H37N3O5/c1-15-16(20(29)25-24-15)5-6-19(28)26-11-9-23(10-12-26)13-18(30-14-23)22(4)8-7-17(27)21(2,3)31-22/h16-18,27H,5-14H2,1-4H3,(H,25,29)/t16-,17-,18+,22+/m0/s1. The molecule has 0 aromatic carbocycles. The number of likely N-dealkylation sites (tertiary alicyclic amines) is 1. The highest BCUT2D eigenvalue weighted by molar-refractivity contribution is 6.07. The lowest BCUT2D eigenvalue weighted by Gasteiger charge is -2.48. The quantitative estimate of drug-likeness (QED) is 0.703. The predicted octanol–water partition coefficient (Wildman–Crippen LogP) is 1.99. The number of aliphatic hydroxyl groups is 1. The Kier molecular flexibility index (Phi) is 5.94. The predicted molar refractivity (Wildman–Crippen MR) is 115 cm³/mol. The number of aliphatic hydroxyl groups excluding tert-OH is 1. The fourth-order valence-corrected chi connectivity index (χ4v) is 5.73. The Hall–Kier alpha value is -1.51. The summed E-state index contributed by atoms with van der Waals surface area (Å²) in [7, 11) is 0. The molecule has 2 amide bonds. The molecule has 2 N–H and O–H groups in total. The number of amides is 2. The van der Waals surface area contributed by atoms with Gasteiger partial charge in [0.1, 0.15) is 0 Å². The van der Waals surface area contributed by atoms with E-state index >= 15 is 0 Å². The van der Waals surface area contributed by atoms with Gasteiger partial charge in [0.25, 0.3) is 0 Å². The van der Waals surface area contributed by atoms with Crippen LogP contribution >= 0.6 is 0 Å². The Morgan fingerprint density at radius 1 is 1.26 bits per heavy atom. The molecule has 4 aliphatic rings. The molecule has 0 aliphatic carbocycles. The van der Waals surface area contributed by atoms with Gasteiger partial charge in [-0.3, -0.25) is 9.59 Å². The third kappa shape index (κ3) is 4.39. The van der Waals surface area contributed by atoms with E-state index in [-0.39, 0.29) is 34.9 Å². The minimum atomic E-state index is -0.568. The molecule has 0 saturated carbocycles. The van der Waals surface area contributed by atoms with E-state index in [1.165, 1.54) is 0 Å². The van der Waals surface area contributed by atoms with Crippen LogP contribution in [-0.2, 0) is 19.1 Å². The zero-order valence-electron chi connectivity index (χ0n) is 19.3. The van der Waals surface area contributed by atoms with Gasteiger partial charge in [0.05, 0.1) is 35.9 Å². The lowest BCUT2D eigenvalue weighted by Crippen LogP contribution is -2.56. The van der Waals surface area contributed by atoms with Crippen LogP contribution in [0.2, 0.25) is 0 Å². The van der Waals surface area contributed by atoms with Gasteiger partial charge >= 0.3 is 0 Å². The van der Waals surface area contributed by atoms with Crippen LogP contribution in [0.5, 0.6) is 0 Å². The molecule has 8 nitrogen and oxygen atoms in total. The summed E-state index contributed by atoms with van der Waals surface area (Å²) < 4.78 is 12.7. The lowest BCUT2D eigenvalue weighted by molar-refractivity contribution is -0.245. The third-order valence-corrected chi connectivity index (χ3v) is 8.09. The number of nitrogens with one attached hydrogen (secondary N) is 1. The van der Waals surface area contributed by atoms with Gasteiger partial charge in [-0.25, -0.2) is 5.43 Å². The number of hydrazone groups is 1. The first-order valence-electron chi connectivity index (χ1n) is 11.7. The summed E-state index contributed by atoms with van der Waals surface area (Å²) in [5.41, 5.74) is 2.39. The summed E-state index contributed by atoms with van der Waals surface area (Å²) in [6.45, 7) is 10.0. The summed E-state index contributed by atoms with van der Waals surface area (Å²) in [5.74, 6) is -0.259. The Labute approximate surface area is 184 Å². The Morgan fingerprint density at radius 2 is 1.97 bits per heavy atom. The van der Waals surface area contributed by atoms with Gasteiger partial charge < -0.3 is 19.5 Å². The van der Waals surface area contributed by atoms with Crippen LogP contribution in [0, 0.1) is 11.3 Å². The maximum atomic E-state index is 12.7. The van der Waals surface area contributed by atoms with E-state index in [1.54, 1.807) is 0 Å². The maximum absolute atomic E-state index is 12.7. The Morgan fingerprint density at radius 3 is 2.58 bits per heavy atom. The molecule has 174 valence electrons. The molecule has 3 fully saturated rings. The highest BCUT2D eigenvalue weighted by Crippen LogP contribution is 2.49.